The Bertz CT molecular complexity index is 754. The number of furan rings is 1. The molecule has 0 bridgehead atoms. The number of hydrogen-bond acceptors (Lipinski definition) is 3. The van der Waals surface area contributed by atoms with E-state index in [2.05, 4.69) is 16.8 Å². The molecule has 1 aromatic carbocycles. The van der Waals surface area contributed by atoms with E-state index in [9.17, 15) is 4.79 Å². The Labute approximate surface area is 152 Å². The minimum absolute atomic E-state index is 0.0236. The highest BCUT2D eigenvalue weighted by atomic mass is 32.1. The lowest BCUT2D eigenvalue weighted by molar-refractivity contribution is -0.920. The van der Waals surface area contributed by atoms with Crippen molar-refractivity contribution in [2.75, 3.05) is 11.9 Å². The number of aryl methyl sites for hydroxylation is 2. The second kappa shape index (κ2) is 8.14. The zero-order chi connectivity index (χ0) is 17.6. The number of benzene rings is 1. The van der Waals surface area contributed by atoms with Gasteiger partial charge in [0.05, 0.1) is 11.1 Å². The van der Waals surface area contributed by atoms with Crippen molar-refractivity contribution in [1.82, 2.24) is 0 Å². The number of para-hydroxylation sites is 1. The lowest BCUT2D eigenvalue weighted by Gasteiger charge is -2.18. The molecule has 0 saturated heterocycles. The lowest BCUT2D eigenvalue weighted by atomic mass is 10.1. The van der Waals surface area contributed by atoms with Gasteiger partial charge >= 0.3 is 0 Å². The van der Waals surface area contributed by atoms with Crippen molar-refractivity contribution in [1.29, 1.82) is 0 Å². The Balaban J connectivity index is 1.69. The number of rotatable bonds is 7. The Hall–Kier alpha value is -2.37. The van der Waals surface area contributed by atoms with Gasteiger partial charge in [0.2, 0.25) is 0 Å². The number of carbonyl (C=O) groups is 1. The molecule has 3 aromatic rings. The van der Waals surface area contributed by atoms with Gasteiger partial charge < -0.3 is 14.6 Å². The van der Waals surface area contributed by atoms with Gasteiger partial charge in [0.15, 0.2) is 12.3 Å². The van der Waals surface area contributed by atoms with E-state index >= 15 is 0 Å². The van der Waals surface area contributed by atoms with E-state index in [4.69, 9.17) is 4.42 Å². The first-order valence-corrected chi connectivity index (χ1v) is 9.24. The van der Waals surface area contributed by atoms with E-state index in [0.717, 1.165) is 34.0 Å². The summed E-state index contributed by atoms with van der Waals surface area (Å²) in [4.78, 5) is 15.0. The Kier molecular flexibility index (Phi) is 5.68. The molecule has 3 rings (SSSR count). The van der Waals surface area contributed by atoms with Crippen molar-refractivity contribution in [3.8, 4) is 0 Å². The second-order valence-corrected chi connectivity index (χ2v) is 7.29. The van der Waals surface area contributed by atoms with E-state index in [0.29, 0.717) is 13.1 Å². The molecule has 25 heavy (non-hydrogen) atoms. The molecule has 5 heteroatoms. The fraction of sp³-hybridized carbons (Fsp3) is 0.250. The molecule has 0 aliphatic rings. The molecular formula is C20H23N2O2S+. The van der Waals surface area contributed by atoms with Crippen LogP contribution in [0.25, 0.3) is 0 Å². The van der Waals surface area contributed by atoms with Crippen LogP contribution in [0.2, 0.25) is 0 Å². The molecule has 0 aliphatic carbocycles. The first-order chi connectivity index (χ1) is 12.1. The summed E-state index contributed by atoms with van der Waals surface area (Å²) in [6.45, 7) is 5.92. The average Bonchev–Trinajstić information content (AvgIpc) is 3.25. The molecule has 0 spiro atoms. The largest absolute Gasteiger partial charge is 0.463 e. The molecule has 2 N–H and O–H groups in total. The van der Waals surface area contributed by atoms with Crippen molar-refractivity contribution in [3.05, 3.63) is 75.9 Å². The van der Waals surface area contributed by atoms with Crippen molar-refractivity contribution in [3.63, 3.8) is 0 Å². The number of amides is 1. The summed E-state index contributed by atoms with van der Waals surface area (Å²) in [5.74, 6) is 0.918. The summed E-state index contributed by atoms with van der Waals surface area (Å²) >= 11 is 1.72. The predicted molar refractivity (Wildman–Crippen MR) is 101 cm³/mol. The van der Waals surface area contributed by atoms with Crippen molar-refractivity contribution in [2.45, 2.75) is 26.9 Å². The summed E-state index contributed by atoms with van der Waals surface area (Å²) in [6.07, 6.45) is 1.68. The van der Waals surface area contributed by atoms with Crippen LogP contribution in [0, 0.1) is 13.8 Å². The van der Waals surface area contributed by atoms with Crippen LogP contribution >= 0.6 is 11.3 Å². The molecule has 1 unspecified atom stereocenters. The van der Waals surface area contributed by atoms with E-state index in [1.165, 1.54) is 4.88 Å². The normalized spacial score (nSPS) is 12.1. The van der Waals surface area contributed by atoms with E-state index in [1.54, 1.807) is 17.6 Å². The van der Waals surface area contributed by atoms with Crippen LogP contribution in [0.3, 0.4) is 0 Å². The van der Waals surface area contributed by atoms with Gasteiger partial charge in [0.25, 0.3) is 5.91 Å². The van der Waals surface area contributed by atoms with Crippen LogP contribution in [0.15, 0.2) is 58.5 Å². The summed E-state index contributed by atoms with van der Waals surface area (Å²) in [7, 11) is 0. The van der Waals surface area contributed by atoms with Crippen molar-refractivity contribution < 1.29 is 14.1 Å². The van der Waals surface area contributed by atoms with E-state index in [-0.39, 0.29) is 5.91 Å². The van der Waals surface area contributed by atoms with Gasteiger partial charge in [-0.05, 0) is 48.6 Å². The molecule has 1 atom stereocenters. The highest BCUT2D eigenvalue weighted by molar-refractivity contribution is 7.09. The van der Waals surface area contributed by atoms with Crippen LogP contribution in [0.4, 0.5) is 5.69 Å². The topological polar surface area (TPSA) is 46.7 Å². The van der Waals surface area contributed by atoms with Gasteiger partial charge in [-0.3, -0.25) is 4.79 Å². The molecule has 1 amide bonds. The molecular weight excluding hydrogens is 332 g/mol. The summed E-state index contributed by atoms with van der Waals surface area (Å²) in [6, 6.07) is 14.0. The summed E-state index contributed by atoms with van der Waals surface area (Å²) < 4.78 is 5.47. The number of quaternary nitrogens is 1. The third kappa shape index (κ3) is 4.81. The minimum atomic E-state index is 0.0236. The van der Waals surface area contributed by atoms with Crippen LogP contribution in [-0.2, 0) is 17.9 Å². The van der Waals surface area contributed by atoms with Crippen LogP contribution in [-0.4, -0.2) is 12.5 Å². The number of hydrogen-bond donors (Lipinski definition) is 2. The Morgan fingerprint density at radius 3 is 2.52 bits per heavy atom. The van der Waals surface area contributed by atoms with Gasteiger partial charge in [0.1, 0.15) is 13.1 Å². The third-order valence-corrected chi connectivity index (χ3v) is 5.04. The lowest BCUT2D eigenvalue weighted by Crippen LogP contribution is -3.10. The Morgan fingerprint density at radius 2 is 1.88 bits per heavy atom. The van der Waals surface area contributed by atoms with Gasteiger partial charge in [-0.25, -0.2) is 0 Å². The summed E-state index contributed by atoms with van der Waals surface area (Å²) in [5.41, 5.74) is 3.08. The summed E-state index contributed by atoms with van der Waals surface area (Å²) in [5, 5.41) is 5.15. The molecule has 0 fully saturated rings. The third-order valence-electron chi connectivity index (χ3n) is 4.16. The predicted octanol–water partition coefficient (Wildman–Crippen LogP) is 3.18. The van der Waals surface area contributed by atoms with Crippen molar-refractivity contribution in [2.24, 2.45) is 0 Å². The number of anilines is 1. The zero-order valence-corrected chi connectivity index (χ0v) is 15.4. The van der Waals surface area contributed by atoms with E-state index in [1.807, 2.05) is 50.2 Å². The zero-order valence-electron chi connectivity index (χ0n) is 14.5. The average molecular weight is 355 g/mol. The number of thiophene rings is 1. The fourth-order valence-electron chi connectivity index (χ4n) is 2.93. The molecule has 0 aliphatic heterocycles. The quantitative estimate of drug-likeness (QED) is 0.684. The maximum atomic E-state index is 12.6. The molecule has 4 nitrogen and oxygen atoms in total. The smallest absolute Gasteiger partial charge is 0.279 e. The highest BCUT2D eigenvalue weighted by Crippen LogP contribution is 2.19. The molecule has 130 valence electrons. The van der Waals surface area contributed by atoms with Gasteiger partial charge in [-0.15, -0.1) is 11.3 Å². The van der Waals surface area contributed by atoms with Crippen LogP contribution < -0.4 is 10.2 Å². The highest BCUT2D eigenvalue weighted by Gasteiger charge is 2.18. The number of carbonyl (C=O) groups excluding carboxylic acids is 1. The van der Waals surface area contributed by atoms with E-state index < -0.39 is 0 Å². The first kappa shape index (κ1) is 17.5. The van der Waals surface area contributed by atoms with Crippen LogP contribution in [0.5, 0.6) is 0 Å². The fourth-order valence-corrected chi connectivity index (χ4v) is 3.71. The SMILES string of the molecule is Cc1cccc(C)c1NC(=O)C[NH+](Cc1ccco1)Cc1cccs1. The second-order valence-electron chi connectivity index (χ2n) is 6.25. The van der Waals surface area contributed by atoms with Crippen LogP contribution in [0.1, 0.15) is 21.8 Å². The minimum Gasteiger partial charge on any atom is -0.463 e. The Morgan fingerprint density at radius 1 is 1.08 bits per heavy atom. The molecule has 0 saturated carbocycles. The standard InChI is InChI=1S/C20H22N2O2S/c1-15-6-3-7-16(2)20(15)21-19(23)14-22(12-17-8-4-10-24-17)13-18-9-5-11-25-18/h3-11H,12-14H2,1-2H3,(H,21,23)/p+1. The molecule has 0 radical (unpaired) electrons. The monoisotopic (exact) mass is 355 g/mol. The van der Waals surface area contributed by atoms with Gasteiger partial charge in [0, 0.05) is 5.69 Å². The first-order valence-electron chi connectivity index (χ1n) is 8.36. The van der Waals surface area contributed by atoms with Gasteiger partial charge in [-0.1, -0.05) is 24.3 Å². The maximum absolute atomic E-state index is 12.6. The van der Waals surface area contributed by atoms with Gasteiger partial charge in [-0.2, -0.15) is 0 Å². The molecule has 2 aromatic heterocycles. The number of nitrogens with one attached hydrogen (secondary N) is 2. The molecule has 2 heterocycles. The maximum Gasteiger partial charge on any atom is 0.279 e. The van der Waals surface area contributed by atoms with Crippen molar-refractivity contribution >= 4 is 22.9 Å².